The van der Waals surface area contributed by atoms with Gasteiger partial charge in [0.1, 0.15) is 11.3 Å². The van der Waals surface area contributed by atoms with Gasteiger partial charge in [-0.2, -0.15) is 0 Å². The number of hydrogen-bond donors (Lipinski definition) is 1. The van der Waals surface area contributed by atoms with Crippen molar-refractivity contribution in [3.8, 4) is 0 Å². The zero-order valence-electron chi connectivity index (χ0n) is 12.4. The Morgan fingerprint density at radius 2 is 2.05 bits per heavy atom. The van der Waals surface area contributed by atoms with E-state index in [1.54, 1.807) is 16.7 Å². The van der Waals surface area contributed by atoms with Crippen LogP contribution in [0.1, 0.15) is 28.7 Å². The van der Waals surface area contributed by atoms with Crippen molar-refractivity contribution in [2.24, 2.45) is 0 Å². The number of aryl methyl sites for hydroxylation is 2. The van der Waals surface area contributed by atoms with Crippen LogP contribution in [0.3, 0.4) is 0 Å². The third-order valence-electron chi connectivity index (χ3n) is 3.60. The molecule has 5 heteroatoms. The number of hydrogen-bond acceptors (Lipinski definition) is 2. The molecule has 3 rings (SSSR count). The molecule has 0 aliphatic carbocycles. The molecule has 1 N–H and O–H groups in total. The largest absolute Gasteiger partial charge is 0.320 e. The second-order valence-corrected chi connectivity index (χ2v) is 5.54. The molecule has 0 bridgehead atoms. The second-order valence-electron chi connectivity index (χ2n) is 5.11. The minimum Gasteiger partial charge on any atom is -0.320 e. The summed E-state index contributed by atoms with van der Waals surface area (Å²) in [5.74, 6) is -0.180. The Morgan fingerprint density at radius 1 is 1.27 bits per heavy atom. The summed E-state index contributed by atoms with van der Waals surface area (Å²) in [5, 5.41) is 3.52. The third-order valence-corrected chi connectivity index (χ3v) is 3.82. The molecule has 112 valence electrons. The number of nitrogens with zero attached hydrogens (tertiary/aromatic N) is 2. The summed E-state index contributed by atoms with van der Waals surface area (Å²) >= 11 is 6.05. The first-order valence-electron chi connectivity index (χ1n) is 7.13. The molecular weight excluding hydrogens is 298 g/mol. The summed E-state index contributed by atoms with van der Waals surface area (Å²) in [5.41, 5.74) is 3.82. The summed E-state index contributed by atoms with van der Waals surface area (Å²) in [7, 11) is 0. The molecule has 4 nitrogen and oxygen atoms in total. The van der Waals surface area contributed by atoms with E-state index < -0.39 is 0 Å². The lowest BCUT2D eigenvalue weighted by atomic mass is 10.2. The van der Waals surface area contributed by atoms with E-state index >= 15 is 0 Å². The smallest absolute Gasteiger partial charge is 0.274 e. The Balaban J connectivity index is 2.06. The molecule has 3 aromatic rings. The first kappa shape index (κ1) is 14.6. The normalized spacial score (nSPS) is 10.9. The van der Waals surface area contributed by atoms with E-state index in [1.807, 2.05) is 44.2 Å². The van der Waals surface area contributed by atoms with Gasteiger partial charge in [-0.25, -0.2) is 4.98 Å². The number of para-hydroxylation sites is 1. The van der Waals surface area contributed by atoms with Gasteiger partial charge in [-0.15, -0.1) is 0 Å². The van der Waals surface area contributed by atoms with E-state index in [1.165, 1.54) is 0 Å². The number of carbonyl (C=O) groups excluding carboxylic acids is 1. The Morgan fingerprint density at radius 3 is 2.77 bits per heavy atom. The molecular formula is C17H16ClN3O. The molecule has 22 heavy (non-hydrogen) atoms. The molecule has 0 aliphatic heterocycles. The zero-order valence-corrected chi connectivity index (χ0v) is 13.2. The van der Waals surface area contributed by atoms with Gasteiger partial charge >= 0.3 is 0 Å². The van der Waals surface area contributed by atoms with E-state index in [4.69, 9.17) is 11.6 Å². The van der Waals surface area contributed by atoms with Crippen LogP contribution in [0, 0.1) is 6.92 Å². The lowest BCUT2D eigenvalue weighted by molar-refractivity contribution is 0.102. The van der Waals surface area contributed by atoms with Crippen LogP contribution < -0.4 is 5.32 Å². The fourth-order valence-corrected chi connectivity index (χ4v) is 2.61. The van der Waals surface area contributed by atoms with Crippen molar-refractivity contribution in [1.29, 1.82) is 0 Å². The lowest BCUT2D eigenvalue weighted by Gasteiger charge is -2.09. The van der Waals surface area contributed by atoms with Crippen molar-refractivity contribution in [3.63, 3.8) is 0 Å². The number of aromatic nitrogens is 2. The van der Waals surface area contributed by atoms with Gasteiger partial charge in [-0.3, -0.25) is 9.20 Å². The van der Waals surface area contributed by atoms with Gasteiger partial charge in [0.15, 0.2) is 0 Å². The minimum atomic E-state index is -0.180. The van der Waals surface area contributed by atoms with E-state index in [2.05, 4.69) is 10.3 Å². The number of anilines is 1. The molecule has 2 aromatic heterocycles. The van der Waals surface area contributed by atoms with Crippen molar-refractivity contribution in [2.75, 3.05) is 5.32 Å². The van der Waals surface area contributed by atoms with Crippen molar-refractivity contribution < 1.29 is 4.79 Å². The van der Waals surface area contributed by atoms with Crippen LogP contribution in [0.15, 0.2) is 42.6 Å². The number of pyridine rings is 1. The monoisotopic (exact) mass is 313 g/mol. The van der Waals surface area contributed by atoms with Gasteiger partial charge in [-0.1, -0.05) is 36.7 Å². The Labute approximate surface area is 133 Å². The summed E-state index contributed by atoms with van der Waals surface area (Å²) in [6.45, 7) is 3.94. The average Bonchev–Trinajstić information content (AvgIpc) is 2.87. The number of imidazole rings is 1. The van der Waals surface area contributed by atoms with Crippen molar-refractivity contribution in [3.05, 3.63) is 64.6 Å². The van der Waals surface area contributed by atoms with Crippen molar-refractivity contribution in [2.45, 2.75) is 20.3 Å². The number of benzene rings is 1. The fourth-order valence-electron chi connectivity index (χ4n) is 2.45. The topological polar surface area (TPSA) is 46.4 Å². The van der Waals surface area contributed by atoms with E-state index in [0.717, 1.165) is 22.6 Å². The van der Waals surface area contributed by atoms with Gasteiger partial charge in [0.05, 0.1) is 10.7 Å². The van der Waals surface area contributed by atoms with Gasteiger partial charge in [0.2, 0.25) is 0 Å². The van der Waals surface area contributed by atoms with Crippen LogP contribution >= 0.6 is 11.6 Å². The zero-order chi connectivity index (χ0) is 15.7. The molecule has 0 atom stereocenters. The maximum atomic E-state index is 12.7. The number of rotatable bonds is 3. The first-order chi connectivity index (χ1) is 10.6. The highest BCUT2D eigenvalue weighted by Crippen LogP contribution is 2.20. The molecule has 2 heterocycles. The number of halogens is 1. The Hall–Kier alpha value is -2.33. The molecule has 0 fully saturated rings. The van der Waals surface area contributed by atoms with Gasteiger partial charge in [0.25, 0.3) is 5.91 Å². The van der Waals surface area contributed by atoms with Crippen LogP contribution in [0.4, 0.5) is 5.69 Å². The van der Waals surface area contributed by atoms with Crippen molar-refractivity contribution in [1.82, 2.24) is 9.38 Å². The highest BCUT2D eigenvalue weighted by molar-refractivity contribution is 6.30. The molecule has 1 amide bonds. The Bertz CT molecular complexity index is 854. The summed E-state index contributed by atoms with van der Waals surface area (Å²) in [4.78, 5) is 17.2. The maximum Gasteiger partial charge on any atom is 0.274 e. The van der Waals surface area contributed by atoms with E-state index in [0.29, 0.717) is 17.1 Å². The number of carbonyl (C=O) groups is 1. The first-order valence-corrected chi connectivity index (χ1v) is 7.51. The number of fused-ring (bicyclic) bond motifs is 1. The van der Waals surface area contributed by atoms with E-state index in [-0.39, 0.29) is 5.91 Å². The van der Waals surface area contributed by atoms with Crippen LogP contribution in [-0.2, 0) is 6.42 Å². The molecule has 0 saturated heterocycles. The summed E-state index contributed by atoms with van der Waals surface area (Å²) in [6.07, 6.45) is 2.39. The number of nitrogens with one attached hydrogen (secondary N) is 1. The predicted molar refractivity (Wildman–Crippen MR) is 88.7 cm³/mol. The minimum absolute atomic E-state index is 0.180. The predicted octanol–water partition coefficient (Wildman–Crippen LogP) is 4.11. The maximum absolute atomic E-state index is 12.7. The van der Waals surface area contributed by atoms with E-state index in [9.17, 15) is 4.79 Å². The van der Waals surface area contributed by atoms with Gasteiger partial charge in [-0.05, 0) is 37.1 Å². The molecule has 0 aliphatic rings. The average molecular weight is 314 g/mol. The molecule has 0 spiro atoms. The highest BCUT2D eigenvalue weighted by Gasteiger charge is 2.19. The van der Waals surface area contributed by atoms with Gasteiger partial charge < -0.3 is 5.32 Å². The molecule has 0 saturated carbocycles. The SMILES string of the molecule is CCc1nc2ccc(Cl)cn2c1C(=O)Nc1ccccc1C. The lowest BCUT2D eigenvalue weighted by Crippen LogP contribution is -2.16. The quantitative estimate of drug-likeness (QED) is 0.791. The van der Waals surface area contributed by atoms with Crippen LogP contribution in [0.5, 0.6) is 0 Å². The summed E-state index contributed by atoms with van der Waals surface area (Å²) in [6, 6.07) is 11.3. The summed E-state index contributed by atoms with van der Waals surface area (Å²) < 4.78 is 1.74. The molecule has 1 aromatic carbocycles. The highest BCUT2D eigenvalue weighted by atomic mass is 35.5. The van der Waals surface area contributed by atoms with Crippen LogP contribution in [0.2, 0.25) is 5.02 Å². The fraction of sp³-hybridized carbons (Fsp3) is 0.176. The Kier molecular flexibility index (Phi) is 3.86. The standard InChI is InChI=1S/C17H16ClN3O/c1-3-13-16(21-10-12(18)8-9-15(21)19-13)17(22)20-14-7-5-4-6-11(14)2/h4-10H,3H2,1-2H3,(H,20,22). The molecule has 0 unspecified atom stereocenters. The molecule has 0 radical (unpaired) electrons. The van der Waals surface area contributed by atoms with Gasteiger partial charge in [0, 0.05) is 11.9 Å². The van der Waals surface area contributed by atoms with Crippen LogP contribution in [0.25, 0.3) is 5.65 Å². The van der Waals surface area contributed by atoms with Crippen LogP contribution in [-0.4, -0.2) is 15.3 Å². The van der Waals surface area contributed by atoms with Crippen molar-refractivity contribution >= 4 is 28.8 Å². The third kappa shape index (κ3) is 2.57. The number of amides is 1. The second kappa shape index (κ2) is 5.81.